The van der Waals surface area contributed by atoms with Crippen LogP contribution in [0.5, 0.6) is 11.5 Å². The second kappa shape index (κ2) is 25.4. The van der Waals surface area contributed by atoms with Crippen molar-refractivity contribution in [3.63, 3.8) is 0 Å². The van der Waals surface area contributed by atoms with E-state index >= 15 is 0 Å². The van der Waals surface area contributed by atoms with Crippen molar-refractivity contribution in [1.82, 2.24) is 14.9 Å². The van der Waals surface area contributed by atoms with Gasteiger partial charge in [-0.2, -0.15) is 0 Å². The van der Waals surface area contributed by atoms with Crippen molar-refractivity contribution in [2.75, 3.05) is 59.9 Å². The molecule has 0 aliphatic rings. The third-order valence-corrected chi connectivity index (χ3v) is 9.77. The third kappa shape index (κ3) is 13.9. The normalized spacial score (nSPS) is 10.9. The predicted molar refractivity (Wildman–Crippen MR) is 247 cm³/mol. The van der Waals surface area contributed by atoms with Crippen molar-refractivity contribution < 1.29 is 41.0 Å². The number of nitrogens with zero attached hydrogens (tertiary/aromatic N) is 3. The Bertz CT molecular complexity index is 2810. The summed E-state index contributed by atoms with van der Waals surface area (Å²) in [6.07, 6.45) is 3.05. The molecule has 0 aliphatic carbocycles. The predicted octanol–water partition coefficient (Wildman–Crippen LogP) is 9.03. The Morgan fingerprint density at radius 2 is 0.985 bits per heavy atom. The third-order valence-electron chi connectivity index (χ3n) is 9.77. The fourth-order valence-corrected chi connectivity index (χ4v) is 6.55. The number of rotatable bonds is 19. The highest BCUT2D eigenvalue weighted by Crippen LogP contribution is 2.26. The molecule has 0 fully saturated rings. The van der Waals surface area contributed by atoms with Gasteiger partial charge in [0, 0.05) is 61.8 Å². The molecule has 66 heavy (non-hydrogen) atoms. The van der Waals surface area contributed by atoms with Crippen molar-refractivity contribution in [3.8, 4) is 34.1 Å². The fraction of sp³-hybridized carbons (Fsp3) is 0.216. The maximum atomic E-state index is 14.2. The molecule has 4 aromatic carbocycles. The molecule has 2 N–H and O–H groups in total. The average Bonchev–Trinajstić information content (AvgIpc) is 3.35. The largest absolute Gasteiger partial charge is 0.491 e. The van der Waals surface area contributed by atoms with E-state index in [2.05, 4.69) is 9.97 Å². The molecule has 15 heteroatoms. The van der Waals surface area contributed by atoms with E-state index < -0.39 is 11.6 Å². The highest BCUT2D eigenvalue weighted by molar-refractivity contribution is 5.79. The first-order valence-corrected chi connectivity index (χ1v) is 21.0. The summed E-state index contributed by atoms with van der Waals surface area (Å²) in [5.41, 5.74) is 8.45. The van der Waals surface area contributed by atoms with Gasteiger partial charge in [-0.3, -0.25) is 28.8 Å². The summed E-state index contributed by atoms with van der Waals surface area (Å²) < 4.78 is 71.9. The van der Waals surface area contributed by atoms with E-state index in [-0.39, 0.29) is 35.3 Å². The topological polar surface area (TPSA) is 152 Å². The number of nitrogens with two attached hydrogens (primary N) is 1. The first-order chi connectivity index (χ1) is 32.3. The van der Waals surface area contributed by atoms with Gasteiger partial charge in [0.05, 0.1) is 55.8 Å². The number of para-hydroxylation sites is 2. The van der Waals surface area contributed by atoms with E-state index in [4.69, 9.17) is 33.5 Å². The van der Waals surface area contributed by atoms with Gasteiger partial charge in [-0.05, 0) is 97.1 Å². The molecular weight excluding hydrogens is 854 g/mol. The lowest BCUT2D eigenvalue weighted by molar-refractivity contribution is 0.0748. The van der Waals surface area contributed by atoms with E-state index in [0.29, 0.717) is 99.1 Å². The first-order valence-electron chi connectivity index (χ1n) is 21.0. The van der Waals surface area contributed by atoms with Gasteiger partial charge in [-0.1, -0.05) is 24.3 Å². The van der Waals surface area contributed by atoms with Gasteiger partial charge in [0.2, 0.25) is 0 Å². The molecule has 4 heterocycles. The van der Waals surface area contributed by atoms with E-state index in [9.17, 15) is 22.8 Å². The molecule has 342 valence electrons. The minimum absolute atomic E-state index is 0.0516. The van der Waals surface area contributed by atoms with Crippen molar-refractivity contribution in [1.29, 1.82) is 0 Å². The van der Waals surface area contributed by atoms with Gasteiger partial charge in [0.25, 0.3) is 0 Å². The number of halogens is 3. The molecule has 0 saturated carbocycles. The van der Waals surface area contributed by atoms with Gasteiger partial charge in [-0.25, -0.2) is 8.78 Å². The lowest BCUT2D eigenvalue weighted by atomic mass is 10.1. The maximum Gasteiger partial charge on any atom is 0.193 e. The Kier molecular flexibility index (Phi) is 18.5. The smallest absolute Gasteiger partial charge is 0.193 e. The summed E-state index contributed by atoms with van der Waals surface area (Å²) in [7, 11) is 0.500. The summed E-state index contributed by atoms with van der Waals surface area (Å²) in [5, 5.41) is 1.13. The van der Waals surface area contributed by atoms with E-state index in [1.54, 1.807) is 42.5 Å². The number of fused-ring (bicyclic) bond motifs is 2. The molecule has 0 saturated heterocycles. The zero-order valence-electron chi connectivity index (χ0n) is 36.2. The number of ether oxygens (including phenoxy) is 4. The van der Waals surface area contributed by atoms with Crippen molar-refractivity contribution in [2.24, 2.45) is 5.73 Å². The monoisotopic (exact) mass is 902 g/mol. The molecule has 0 radical (unpaired) electrons. The Morgan fingerprint density at radius 3 is 1.42 bits per heavy atom. The number of pyridine rings is 2. The molecule has 0 bridgehead atoms. The first kappa shape index (κ1) is 48.3. The number of aromatic nitrogens is 2. The Labute approximate surface area is 379 Å². The molecule has 8 rings (SSSR count). The van der Waals surface area contributed by atoms with Crippen molar-refractivity contribution >= 4 is 21.9 Å². The van der Waals surface area contributed by atoms with Gasteiger partial charge in [0.15, 0.2) is 10.9 Å². The summed E-state index contributed by atoms with van der Waals surface area (Å²) in [5.74, 6) is 1.57. The second-order valence-corrected chi connectivity index (χ2v) is 14.3. The molecule has 12 nitrogen and oxygen atoms in total. The molecule has 0 atom stereocenters. The van der Waals surface area contributed by atoms with Crippen LogP contribution < -0.4 is 26.1 Å². The Morgan fingerprint density at radius 1 is 0.545 bits per heavy atom. The fourth-order valence-electron chi connectivity index (χ4n) is 6.55. The van der Waals surface area contributed by atoms with Gasteiger partial charge >= 0.3 is 0 Å². The van der Waals surface area contributed by atoms with Crippen LogP contribution in [-0.2, 0) is 22.6 Å². The van der Waals surface area contributed by atoms with E-state index in [0.717, 1.165) is 16.9 Å². The molecule has 0 amide bonds. The lowest BCUT2D eigenvalue weighted by Gasteiger charge is -2.22. The minimum Gasteiger partial charge on any atom is -0.491 e. The Hall–Kier alpha value is -7.17. The number of benzene rings is 4. The number of hydrogen-bond acceptors (Lipinski definition) is 12. The molecule has 0 spiro atoms. The zero-order chi connectivity index (χ0) is 46.5. The number of hydrogen-bond donors (Lipinski definition) is 1. The molecular formula is C51H49F3N4O8. The minimum atomic E-state index is -0.419. The van der Waals surface area contributed by atoms with Crippen LogP contribution in [0, 0.1) is 11.6 Å². The van der Waals surface area contributed by atoms with Crippen molar-refractivity contribution in [2.45, 2.75) is 13.1 Å². The average molecular weight is 903 g/mol. The molecule has 0 aliphatic heterocycles. The van der Waals surface area contributed by atoms with Crippen molar-refractivity contribution in [3.05, 3.63) is 189 Å². The van der Waals surface area contributed by atoms with E-state index in [1.807, 2.05) is 59.5 Å². The number of alkyl halides is 1. The molecule has 4 aromatic heterocycles. The SMILES string of the molecule is CF.NCCOCCOc1ccc(-c2cc(=O)c3ccccc3o2)cc1.O=c1cc(-c2ccc(OCCOCCN(Cc3ncccc3F)Cc3ncccc3F)cc2)oc2ccccc12. The van der Waals surface area contributed by atoms with Crippen LogP contribution in [0.25, 0.3) is 44.6 Å². The molecule has 8 aromatic rings. The highest BCUT2D eigenvalue weighted by atomic mass is 19.1. The summed E-state index contributed by atoms with van der Waals surface area (Å²) >= 11 is 0. The maximum absolute atomic E-state index is 14.2. The second-order valence-electron chi connectivity index (χ2n) is 14.3. The van der Waals surface area contributed by atoms with Gasteiger partial charge in [0.1, 0.15) is 59.0 Å². The van der Waals surface area contributed by atoms with E-state index in [1.165, 1.54) is 48.8 Å². The quantitative estimate of drug-likeness (QED) is 0.0771. The van der Waals surface area contributed by atoms with Crippen LogP contribution in [0.4, 0.5) is 13.2 Å². The van der Waals surface area contributed by atoms with Crippen LogP contribution in [-0.4, -0.2) is 74.8 Å². The summed E-state index contributed by atoms with van der Waals surface area (Å²) in [6, 6.07) is 37.8. The van der Waals surface area contributed by atoms with Crippen LogP contribution in [0.3, 0.4) is 0 Å². The standard InChI is InChI=1S/C31H27F2N3O4.C19H19NO4.CH3F/c32-25-6-3-13-34-27(25)20-36(21-28-26(33)7-4-14-35-28)15-16-38-17-18-39-23-11-9-22(10-12-23)31-19-29(37)24-5-1-2-8-30(24)40-31;20-9-10-22-11-12-23-15-7-5-14(6-8-15)19-13-17(21)16-3-1-2-4-18(16)24-19;1-2/h1-14,19H,15-18,20-21H2;1-8,13H,9-12,20H2;1H3. The van der Waals surface area contributed by atoms with Crippen LogP contribution >= 0.6 is 0 Å². The zero-order valence-corrected chi connectivity index (χ0v) is 36.2. The van der Waals surface area contributed by atoms with Gasteiger partial charge in [-0.15, -0.1) is 0 Å². The highest BCUT2D eigenvalue weighted by Gasteiger charge is 2.15. The Balaban J connectivity index is 0.000000236. The van der Waals surface area contributed by atoms with Gasteiger partial charge < -0.3 is 33.5 Å². The summed E-state index contributed by atoms with van der Waals surface area (Å²) in [4.78, 5) is 34.6. The summed E-state index contributed by atoms with van der Waals surface area (Å²) in [6.45, 7) is 3.75. The lowest BCUT2D eigenvalue weighted by Crippen LogP contribution is -2.29. The van der Waals surface area contributed by atoms with Crippen LogP contribution in [0.2, 0.25) is 0 Å². The molecule has 0 unspecified atom stereocenters. The van der Waals surface area contributed by atoms with Crippen LogP contribution in [0.15, 0.2) is 164 Å². The van der Waals surface area contributed by atoms with Crippen LogP contribution in [0.1, 0.15) is 11.4 Å².